The maximum Gasteiger partial charge on any atom is 0.443 e. The molecular formula is C13H13F4N3S. The molecule has 0 saturated heterocycles. The van der Waals surface area contributed by atoms with Gasteiger partial charge in [-0.2, -0.15) is 13.2 Å². The molecule has 2 heterocycles. The molecule has 8 heteroatoms. The maximum atomic E-state index is 13.9. The molecule has 0 fully saturated rings. The van der Waals surface area contributed by atoms with Gasteiger partial charge in [0.05, 0.1) is 12.2 Å². The van der Waals surface area contributed by atoms with Gasteiger partial charge in [-0.25, -0.2) is 9.37 Å². The third-order valence-corrected chi connectivity index (χ3v) is 3.87. The molecule has 1 unspecified atom stereocenters. The molecule has 114 valence electrons. The minimum Gasteiger partial charge on any atom is -0.305 e. The van der Waals surface area contributed by atoms with E-state index in [1.807, 2.05) is 6.92 Å². The van der Waals surface area contributed by atoms with Crippen molar-refractivity contribution in [1.29, 1.82) is 0 Å². The summed E-state index contributed by atoms with van der Waals surface area (Å²) in [6.45, 7) is 2.46. The number of nitrogens with one attached hydrogen (secondary N) is 1. The summed E-state index contributed by atoms with van der Waals surface area (Å²) in [5.41, 5.74) is 0.260. The Morgan fingerprint density at radius 2 is 2.10 bits per heavy atom. The predicted molar refractivity (Wildman–Crippen MR) is 71.4 cm³/mol. The standard InChI is InChI=1S/C13H13F4N3S/c1-2-4-19-11(8-3-5-18-6-9(8)14)10-7-20-12(21-10)13(15,16)17/h3,5-7,11,19H,2,4H2,1H3. The lowest BCUT2D eigenvalue weighted by Gasteiger charge is -2.17. The van der Waals surface area contributed by atoms with E-state index in [1.54, 1.807) is 0 Å². The van der Waals surface area contributed by atoms with Gasteiger partial charge in [0.2, 0.25) is 0 Å². The lowest BCUT2D eigenvalue weighted by Crippen LogP contribution is -2.23. The normalized spacial score (nSPS) is 13.4. The molecule has 0 radical (unpaired) electrons. The number of hydrogen-bond donors (Lipinski definition) is 1. The van der Waals surface area contributed by atoms with Crippen LogP contribution < -0.4 is 5.32 Å². The van der Waals surface area contributed by atoms with Crippen molar-refractivity contribution in [1.82, 2.24) is 15.3 Å². The fraction of sp³-hybridized carbons (Fsp3) is 0.385. The van der Waals surface area contributed by atoms with Crippen molar-refractivity contribution in [3.8, 4) is 0 Å². The van der Waals surface area contributed by atoms with Crippen LogP contribution >= 0.6 is 11.3 Å². The first-order valence-corrected chi connectivity index (χ1v) is 7.10. The number of alkyl halides is 3. The summed E-state index contributed by atoms with van der Waals surface area (Å²) < 4.78 is 51.8. The number of nitrogens with zero attached hydrogens (tertiary/aromatic N) is 2. The SMILES string of the molecule is CCCNC(c1cnc(C(F)(F)F)s1)c1ccncc1F. The van der Waals surface area contributed by atoms with Gasteiger partial charge < -0.3 is 5.32 Å². The first-order chi connectivity index (χ1) is 9.93. The third kappa shape index (κ3) is 3.76. The Bertz CT molecular complexity index is 597. The highest BCUT2D eigenvalue weighted by Gasteiger charge is 2.35. The predicted octanol–water partition coefficient (Wildman–Crippen LogP) is 3.79. The Hall–Kier alpha value is -1.54. The van der Waals surface area contributed by atoms with Crippen molar-refractivity contribution >= 4 is 11.3 Å². The van der Waals surface area contributed by atoms with Gasteiger partial charge in [0.25, 0.3) is 0 Å². The van der Waals surface area contributed by atoms with E-state index < -0.39 is 23.0 Å². The van der Waals surface area contributed by atoms with Crippen LogP contribution in [0.3, 0.4) is 0 Å². The van der Waals surface area contributed by atoms with Crippen molar-refractivity contribution in [2.45, 2.75) is 25.6 Å². The van der Waals surface area contributed by atoms with E-state index in [-0.39, 0.29) is 5.56 Å². The second kappa shape index (κ2) is 6.48. The zero-order valence-corrected chi connectivity index (χ0v) is 11.9. The van der Waals surface area contributed by atoms with Crippen LogP contribution in [-0.4, -0.2) is 16.5 Å². The van der Waals surface area contributed by atoms with Gasteiger partial charge in [-0.15, -0.1) is 11.3 Å². The lowest BCUT2D eigenvalue weighted by molar-refractivity contribution is -0.137. The quantitative estimate of drug-likeness (QED) is 0.852. The molecule has 0 amide bonds. The van der Waals surface area contributed by atoms with Crippen molar-refractivity contribution < 1.29 is 17.6 Å². The Morgan fingerprint density at radius 1 is 1.33 bits per heavy atom. The van der Waals surface area contributed by atoms with Crippen LogP contribution in [0.25, 0.3) is 0 Å². The highest BCUT2D eigenvalue weighted by Crippen LogP contribution is 2.36. The van der Waals surface area contributed by atoms with Crippen molar-refractivity contribution in [3.63, 3.8) is 0 Å². The molecule has 0 aromatic carbocycles. The number of aromatic nitrogens is 2. The van der Waals surface area contributed by atoms with Crippen LogP contribution in [0, 0.1) is 5.82 Å². The number of halogens is 4. The van der Waals surface area contributed by atoms with Gasteiger partial charge in [0.15, 0.2) is 5.01 Å². The van der Waals surface area contributed by atoms with Gasteiger partial charge in [0, 0.05) is 22.8 Å². The second-order valence-electron chi connectivity index (χ2n) is 4.35. The van der Waals surface area contributed by atoms with Crippen LogP contribution in [0.2, 0.25) is 0 Å². The van der Waals surface area contributed by atoms with Gasteiger partial charge in [-0.3, -0.25) is 4.98 Å². The van der Waals surface area contributed by atoms with Crippen LogP contribution in [0.15, 0.2) is 24.7 Å². The van der Waals surface area contributed by atoms with E-state index in [1.165, 1.54) is 12.3 Å². The van der Waals surface area contributed by atoms with Crippen LogP contribution in [0.4, 0.5) is 17.6 Å². The summed E-state index contributed by atoms with van der Waals surface area (Å²) in [6, 6.07) is 0.789. The molecule has 21 heavy (non-hydrogen) atoms. The Kier molecular flexibility index (Phi) is 4.89. The van der Waals surface area contributed by atoms with Crippen LogP contribution in [0.1, 0.15) is 34.8 Å². The maximum absolute atomic E-state index is 13.9. The molecular weight excluding hydrogens is 306 g/mol. The number of hydrogen-bond acceptors (Lipinski definition) is 4. The molecule has 0 spiro atoms. The molecule has 0 aliphatic carbocycles. The molecule has 0 aliphatic heterocycles. The van der Waals surface area contributed by atoms with Gasteiger partial charge in [-0.1, -0.05) is 6.92 Å². The topological polar surface area (TPSA) is 37.8 Å². The monoisotopic (exact) mass is 319 g/mol. The average Bonchev–Trinajstić information content (AvgIpc) is 2.91. The molecule has 2 aromatic heterocycles. The van der Waals surface area contributed by atoms with E-state index in [9.17, 15) is 17.6 Å². The summed E-state index contributed by atoms with van der Waals surface area (Å²) in [5.74, 6) is -0.562. The summed E-state index contributed by atoms with van der Waals surface area (Å²) in [5, 5.41) is 2.11. The Balaban J connectivity index is 2.37. The Morgan fingerprint density at radius 3 is 2.67 bits per heavy atom. The molecule has 2 aromatic rings. The zero-order valence-electron chi connectivity index (χ0n) is 11.1. The van der Waals surface area contributed by atoms with Crippen molar-refractivity contribution in [2.75, 3.05) is 6.54 Å². The first kappa shape index (κ1) is 15.8. The average molecular weight is 319 g/mol. The van der Waals surface area contributed by atoms with E-state index in [0.29, 0.717) is 22.8 Å². The number of pyridine rings is 1. The molecule has 1 atom stereocenters. The largest absolute Gasteiger partial charge is 0.443 e. The van der Waals surface area contributed by atoms with E-state index in [2.05, 4.69) is 15.3 Å². The molecule has 2 rings (SSSR count). The van der Waals surface area contributed by atoms with E-state index >= 15 is 0 Å². The summed E-state index contributed by atoms with van der Waals surface area (Å²) in [4.78, 5) is 7.36. The van der Waals surface area contributed by atoms with Crippen LogP contribution in [0.5, 0.6) is 0 Å². The summed E-state index contributed by atoms with van der Waals surface area (Å²) in [6.07, 6.45) is -0.129. The molecule has 3 nitrogen and oxygen atoms in total. The van der Waals surface area contributed by atoms with Gasteiger partial charge in [-0.05, 0) is 19.0 Å². The van der Waals surface area contributed by atoms with Crippen molar-refractivity contribution in [2.24, 2.45) is 0 Å². The molecule has 0 aliphatic rings. The second-order valence-corrected chi connectivity index (χ2v) is 5.41. The molecule has 0 bridgehead atoms. The third-order valence-electron chi connectivity index (χ3n) is 2.76. The highest BCUT2D eigenvalue weighted by molar-refractivity contribution is 7.11. The fourth-order valence-corrected chi connectivity index (χ4v) is 2.70. The Labute approximate surface area is 123 Å². The minimum absolute atomic E-state index is 0.260. The van der Waals surface area contributed by atoms with Crippen LogP contribution in [-0.2, 0) is 6.18 Å². The van der Waals surface area contributed by atoms with Crippen molar-refractivity contribution in [3.05, 3.63) is 45.9 Å². The highest BCUT2D eigenvalue weighted by atomic mass is 32.1. The fourth-order valence-electron chi connectivity index (χ4n) is 1.82. The first-order valence-electron chi connectivity index (χ1n) is 6.29. The minimum atomic E-state index is -4.49. The summed E-state index contributed by atoms with van der Waals surface area (Å²) >= 11 is 0.516. The zero-order chi connectivity index (χ0) is 15.5. The van der Waals surface area contributed by atoms with Gasteiger partial charge in [0.1, 0.15) is 5.82 Å². The smallest absolute Gasteiger partial charge is 0.305 e. The van der Waals surface area contributed by atoms with Gasteiger partial charge >= 0.3 is 6.18 Å². The number of rotatable bonds is 5. The molecule has 1 N–H and O–H groups in total. The molecule has 0 saturated carbocycles. The number of thiazole rings is 1. The van der Waals surface area contributed by atoms with E-state index in [0.717, 1.165) is 18.8 Å². The van der Waals surface area contributed by atoms with E-state index in [4.69, 9.17) is 0 Å². The lowest BCUT2D eigenvalue weighted by atomic mass is 10.1. The summed E-state index contributed by atoms with van der Waals surface area (Å²) in [7, 11) is 0.